The summed E-state index contributed by atoms with van der Waals surface area (Å²) in [5.74, 6) is -1.41. The normalized spacial score (nSPS) is 10.7. The number of carbonyl (C=O) groups excluding carboxylic acids is 2. The number of rotatable bonds is 4. The van der Waals surface area contributed by atoms with Crippen LogP contribution in [0.4, 0.5) is 4.39 Å². The first-order chi connectivity index (χ1) is 12.5. The second kappa shape index (κ2) is 7.48. The lowest BCUT2D eigenvalue weighted by Crippen LogP contribution is -2.42. The first-order valence-corrected chi connectivity index (χ1v) is 8.60. The number of carbonyl (C=O) groups is 2. The second-order valence-electron chi connectivity index (χ2n) is 5.43. The smallest absolute Gasteiger partial charge is 0.272 e. The van der Waals surface area contributed by atoms with E-state index in [1.165, 1.54) is 24.3 Å². The van der Waals surface area contributed by atoms with Crippen LogP contribution in [0.2, 0.25) is 0 Å². The minimum Gasteiger partial charge on any atom is -0.272 e. The van der Waals surface area contributed by atoms with Crippen LogP contribution >= 0.6 is 11.8 Å². The van der Waals surface area contributed by atoms with E-state index in [9.17, 15) is 14.0 Å². The number of aromatic nitrogens is 4. The van der Waals surface area contributed by atoms with Crippen molar-refractivity contribution in [1.82, 2.24) is 30.4 Å². The maximum Gasteiger partial charge on any atom is 0.272 e. The van der Waals surface area contributed by atoms with Crippen molar-refractivity contribution < 1.29 is 14.0 Å². The number of hydrazine groups is 1. The summed E-state index contributed by atoms with van der Waals surface area (Å²) in [6.45, 7) is 3.75. The Morgan fingerprint density at radius 1 is 1.19 bits per heavy atom. The monoisotopic (exact) mass is 374 g/mol. The van der Waals surface area contributed by atoms with E-state index in [-0.39, 0.29) is 11.3 Å². The highest BCUT2D eigenvalue weighted by atomic mass is 32.2. The van der Waals surface area contributed by atoms with Gasteiger partial charge in [-0.25, -0.2) is 9.37 Å². The third-order valence-electron chi connectivity index (χ3n) is 3.43. The zero-order chi connectivity index (χ0) is 18.7. The summed E-state index contributed by atoms with van der Waals surface area (Å²) < 4.78 is 15.3. The van der Waals surface area contributed by atoms with E-state index < -0.39 is 17.6 Å². The predicted molar refractivity (Wildman–Crippen MR) is 93.0 cm³/mol. The fourth-order valence-electron chi connectivity index (χ4n) is 2.30. The summed E-state index contributed by atoms with van der Waals surface area (Å²) in [5.41, 5.74) is 5.99. The van der Waals surface area contributed by atoms with Crippen LogP contribution in [-0.4, -0.2) is 37.1 Å². The van der Waals surface area contributed by atoms with Gasteiger partial charge in [0, 0.05) is 11.4 Å². The van der Waals surface area contributed by atoms with Crippen molar-refractivity contribution in [3.05, 3.63) is 53.1 Å². The van der Waals surface area contributed by atoms with Crippen LogP contribution in [0, 0.1) is 19.7 Å². The maximum absolute atomic E-state index is 13.5. The molecule has 1 aromatic carbocycles. The van der Waals surface area contributed by atoms with Gasteiger partial charge in [-0.05, 0) is 32.0 Å². The van der Waals surface area contributed by atoms with Crippen molar-refractivity contribution in [1.29, 1.82) is 0 Å². The van der Waals surface area contributed by atoms with E-state index >= 15 is 0 Å². The van der Waals surface area contributed by atoms with Gasteiger partial charge in [-0.3, -0.25) is 24.8 Å². The Kier molecular flexibility index (Phi) is 5.12. The van der Waals surface area contributed by atoms with Crippen LogP contribution in [0.15, 0.2) is 35.5 Å². The Balaban J connectivity index is 1.58. The number of halogens is 1. The van der Waals surface area contributed by atoms with Gasteiger partial charge in [0.1, 0.15) is 5.82 Å². The summed E-state index contributed by atoms with van der Waals surface area (Å²) in [7, 11) is 0. The zero-order valence-corrected chi connectivity index (χ0v) is 14.8. The van der Waals surface area contributed by atoms with Crippen LogP contribution in [-0.2, 0) is 4.79 Å². The molecule has 0 aliphatic heterocycles. The summed E-state index contributed by atoms with van der Waals surface area (Å²) >= 11 is 1.15. The minimum absolute atomic E-state index is 0.00827. The lowest BCUT2D eigenvalue weighted by Gasteiger charge is -2.08. The number of hydrogen-bond donors (Lipinski definition) is 2. The van der Waals surface area contributed by atoms with Gasteiger partial charge in [-0.1, -0.05) is 23.9 Å². The molecule has 0 radical (unpaired) electrons. The number of thioether (sulfide) groups is 1. The van der Waals surface area contributed by atoms with Crippen molar-refractivity contribution >= 4 is 29.4 Å². The quantitative estimate of drug-likeness (QED) is 0.529. The molecule has 2 aromatic heterocycles. The van der Waals surface area contributed by atoms with E-state index in [2.05, 4.69) is 26.0 Å². The van der Waals surface area contributed by atoms with Gasteiger partial charge >= 0.3 is 0 Å². The topological polar surface area (TPSA) is 101 Å². The van der Waals surface area contributed by atoms with E-state index in [1.807, 2.05) is 19.9 Å². The molecule has 2 heterocycles. The van der Waals surface area contributed by atoms with E-state index in [1.54, 1.807) is 4.40 Å². The number of aryl methyl sites for hydroxylation is 2. The third-order valence-corrected chi connectivity index (χ3v) is 4.36. The van der Waals surface area contributed by atoms with E-state index in [4.69, 9.17) is 0 Å². The molecule has 10 heteroatoms. The molecule has 0 bridgehead atoms. The highest BCUT2D eigenvalue weighted by Gasteiger charge is 2.14. The molecule has 0 aliphatic carbocycles. The third kappa shape index (κ3) is 3.80. The SMILES string of the molecule is Cc1cc(C)n2c(SCC(=O)NNC(=O)c3ccccc3F)nnc2n1. The van der Waals surface area contributed by atoms with E-state index in [0.717, 1.165) is 23.1 Å². The molecule has 0 unspecified atom stereocenters. The average Bonchev–Trinajstić information content (AvgIpc) is 3.01. The average molecular weight is 374 g/mol. The molecule has 3 aromatic rings. The molecule has 134 valence electrons. The summed E-state index contributed by atoms with van der Waals surface area (Å²) in [5, 5.41) is 8.51. The summed E-state index contributed by atoms with van der Waals surface area (Å²) in [6, 6.07) is 7.38. The summed E-state index contributed by atoms with van der Waals surface area (Å²) in [4.78, 5) is 28.0. The lowest BCUT2D eigenvalue weighted by atomic mass is 10.2. The molecule has 3 rings (SSSR count). The highest BCUT2D eigenvalue weighted by Crippen LogP contribution is 2.18. The Bertz CT molecular complexity index is 990. The van der Waals surface area contributed by atoms with Crippen LogP contribution in [0.5, 0.6) is 0 Å². The molecular weight excluding hydrogens is 359 g/mol. The number of amides is 2. The van der Waals surface area contributed by atoms with Crippen LogP contribution in [0.3, 0.4) is 0 Å². The standard InChI is InChI=1S/C16H15FN6O2S/c1-9-7-10(2)23-15(18-9)21-22-16(23)26-8-13(24)19-20-14(25)11-5-3-4-6-12(11)17/h3-7H,8H2,1-2H3,(H,19,24)(H,20,25). The molecule has 2 N–H and O–H groups in total. The fraction of sp³-hybridized carbons (Fsp3) is 0.188. The number of fused-ring (bicyclic) bond motifs is 1. The molecule has 0 spiro atoms. The molecule has 0 saturated heterocycles. The summed E-state index contributed by atoms with van der Waals surface area (Å²) in [6.07, 6.45) is 0. The predicted octanol–water partition coefficient (Wildman–Crippen LogP) is 1.43. The lowest BCUT2D eigenvalue weighted by molar-refractivity contribution is -0.119. The first kappa shape index (κ1) is 17.8. The van der Waals surface area contributed by atoms with Crippen LogP contribution in [0.1, 0.15) is 21.7 Å². The molecule has 0 aliphatic rings. The van der Waals surface area contributed by atoms with Crippen molar-refractivity contribution in [2.45, 2.75) is 19.0 Å². The van der Waals surface area contributed by atoms with Gasteiger partial charge in [0.2, 0.25) is 5.91 Å². The molecular formula is C16H15FN6O2S. The number of nitrogens with one attached hydrogen (secondary N) is 2. The van der Waals surface area contributed by atoms with Crippen LogP contribution < -0.4 is 10.9 Å². The van der Waals surface area contributed by atoms with Crippen molar-refractivity contribution in [2.24, 2.45) is 0 Å². The molecule has 2 amide bonds. The molecule has 0 atom stereocenters. The maximum atomic E-state index is 13.5. The van der Waals surface area contributed by atoms with Gasteiger partial charge in [-0.15, -0.1) is 10.2 Å². The van der Waals surface area contributed by atoms with Crippen molar-refractivity contribution in [2.75, 3.05) is 5.75 Å². The van der Waals surface area contributed by atoms with Crippen LogP contribution in [0.25, 0.3) is 5.78 Å². The Hall–Kier alpha value is -3.01. The Labute approximate surface area is 152 Å². The molecule has 0 fully saturated rings. The van der Waals surface area contributed by atoms with E-state index in [0.29, 0.717) is 10.9 Å². The fourth-order valence-corrected chi connectivity index (χ4v) is 3.08. The Morgan fingerprint density at radius 2 is 1.96 bits per heavy atom. The molecule has 8 nitrogen and oxygen atoms in total. The van der Waals surface area contributed by atoms with Gasteiger partial charge in [0.25, 0.3) is 11.7 Å². The molecule has 26 heavy (non-hydrogen) atoms. The second-order valence-corrected chi connectivity index (χ2v) is 6.37. The number of hydrogen-bond acceptors (Lipinski definition) is 6. The van der Waals surface area contributed by atoms with Crippen molar-refractivity contribution in [3.63, 3.8) is 0 Å². The minimum atomic E-state index is -0.732. The largest absolute Gasteiger partial charge is 0.272 e. The van der Waals surface area contributed by atoms with Crippen molar-refractivity contribution in [3.8, 4) is 0 Å². The van der Waals surface area contributed by atoms with Gasteiger partial charge in [-0.2, -0.15) is 0 Å². The first-order valence-electron chi connectivity index (χ1n) is 7.61. The van der Waals surface area contributed by atoms with Gasteiger partial charge < -0.3 is 0 Å². The van der Waals surface area contributed by atoms with Gasteiger partial charge in [0.15, 0.2) is 5.16 Å². The zero-order valence-electron chi connectivity index (χ0n) is 14.0. The number of benzene rings is 1. The number of nitrogens with zero attached hydrogens (tertiary/aromatic N) is 4. The highest BCUT2D eigenvalue weighted by molar-refractivity contribution is 7.99. The van der Waals surface area contributed by atoms with Gasteiger partial charge in [0.05, 0.1) is 11.3 Å². The molecule has 0 saturated carbocycles. The Morgan fingerprint density at radius 3 is 2.73 bits per heavy atom.